The molecular weight excluding hydrogens is 234 g/mol. The lowest BCUT2D eigenvalue weighted by Crippen LogP contribution is -2.12. The highest BCUT2D eigenvalue weighted by Crippen LogP contribution is 2.16. The van der Waals surface area contributed by atoms with Crippen LogP contribution in [-0.2, 0) is 13.0 Å². The van der Waals surface area contributed by atoms with Gasteiger partial charge in [0.05, 0.1) is 0 Å². The van der Waals surface area contributed by atoms with Crippen LogP contribution in [0.3, 0.4) is 0 Å². The van der Waals surface area contributed by atoms with E-state index in [1.165, 1.54) is 16.7 Å². The zero-order valence-electron chi connectivity index (χ0n) is 11.6. The van der Waals surface area contributed by atoms with Crippen LogP contribution in [0.1, 0.15) is 16.7 Å². The molecule has 0 amide bonds. The minimum atomic E-state index is 0.628. The third-order valence-corrected chi connectivity index (χ3v) is 3.18. The third-order valence-electron chi connectivity index (χ3n) is 3.18. The first-order chi connectivity index (χ1) is 9.29. The van der Waals surface area contributed by atoms with E-state index in [9.17, 15) is 0 Å². The number of benzene rings is 2. The zero-order chi connectivity index (χ0) is 13.5. The molecule has 2 rings (SSSR count). The van der Waals surface area contributed by atoms with Gasteiger partial charge in [-0.1, -0.05) is 42.0 Å². The largest absolute Gasteiger partial charge is 0.489 e. The van der Waals surface area contributed by atoms with Gasteiger partial charge in [-0.15, -0.1) is 0 Å². The summed E-state index contributed by atoms with van der Waals surface area (Å²) in [6.07, 6.45) is 1.03. The molecule has 0 radical (unpaired) electrons. The van der Waals surface area contributed by atoms with Crippen LogP contribution in [0.15, 0.2) is 48.5 Å². The Morgan fingerprint density at radius 2 is 1.63 bits per heavy atom. The average molecular weight is 255 g/mol. The summed E-state index contributed by atoms with van der Waals surface area (Å²) in [6, 6.07) is 16.6. The maximum absolute atomic E-state index is 5.85. The number of rotatable bonds is 6. The summed E-state index contributed by atoms with van der Waals surface area (Å²) >= 11 is 0. The van der Waals surface area contributed by atoms with E-state index in [0.717, 1.165) is 18.7 Å². The Hall–Kier alpha value is -1.80. The van der Waals surface area contributed by atoms with Crippen LogP contribution in [0.25, 0.3) is 0 Å². The molecule has 100 valence electrons. The summed E-state index contributed by atoms with van der Waals surface area (Å²) < 4.78 is 5.85. The van der Waals surface area contributed by atoms with E-state index in [1.54, 1.807) is 0 Å². The van der Waals surface area contributed by atoms with Gasteiger partial charge < -0.3 is 10.1 Å². The number of aryl methyl sites for hydroxylation is 1. The van der Waals surface area contributed by atoms with Gasteiger partial charge in [0, 0.05) is 0 Å². The topological polar surface area (TPSA) is 21.3 Å². The van der Waals surface area contributed by atoms with Gasteiger partial charge in [-0.25, -0.2) is 0 Å². The van der Waals surface area contributed by atoms with Gasteiger partial charge in [-0.05, 0) is 50.2 Å². The Balaban J connectivity index is 2.00. The van der Waals surface area contributed by atoms with Crippen molar-refractivity contribution in [3.05, 3.63) is 65.2 Å². The summed E-state index contributed by atoms with van der Waals surface area (Å²) in [6.45, 7) is 3.70. The highest BCUT2D eigenvalue weighted by atomic mass is 16.5. The third kappa shape index (κ3) is 4.11. The molecule has 0 saturated heterocycles. The Kier molecular flexibility index (Phi) is 4.99. The number of nitrogens with one attached hydrogen (secondary N) is 1. The number of hydrogen-bond donors (Lipinski definition) is 1. The average Bonchev–Trinajstić information content (AvgIpc) is 2.45. The minimum Gasteiger partial charge on any atom is -0.489 e. The molecule has 0 fully saturated rings. The Morgan fingerprint density at radius 1 is 0.947 bits per heavy atom. The van der Waals surface area contributed by atoms with Gasteiger partial charge in [0.25, 0.3) is 0 Å². The second kappa shape index (κ2) is 6.95. The molecule has 0 aliphatic carbocycles. The van der Waals surface area contributed by atoms with Crippen LogP contribution in [0.4, 0.5) is 0 Å². The molecule has 0 spiro atoms. The lowest BCUT2D eigenvalue weighted by atomic mass is 10.1. The van der Waals surface area contributed by atoms with Crippen molar-refractivity contribution < 1.29 is 4.74 Å². The maximum atomic E-state index is 5.85. The first-order valence-electron chi connectivity index (χ1n) is 6.70. The normalized spacial score (nSPS) is 10.4. The van der Waals surface area contributed by atoms with Gasteiger partial charge in [-0.3, -0.25) is 0 Å². The fourth-order valence-electron chi connectivity index (χ4n) is 2.00. The molecule has 2 heteroatoms. The van der Waals surface area contributed by atoms with E-state index in [-0.39, 0.29) is 0 Å². The van der Waals surface area contributed by atoms with E-state index < -0.39 is 0 Å². The molecular formula is C17H21NO. The van der Waals surface area contributed by atoms with E-state index >= 15 is 0 Å². The quantitative estimate of drug-likeness (QED) is 0.855. The summed E-state index contributed by atoms with van der Waals surface area (Å²) in [5, 5.41) is 3.18. The Bertz CT molecular complexity index is 505. The van der Waals surface area contributed by atoms with Gasteiger partial charge in [-0.2, -0.15) is 0 Å². The lowest BCUT2D eigenvalue weighted by molar-refractivity contribution is 0.305. The van der Waals surface area contributed by atoms with Crippen LogP contribution in [0, 0.1) is 6.92 Å². The van der Waals surface area contributed by atoms with Crippen molar-refractivity contribution in [3.63, 3.8) is 0 Å². The fourth-order valence-corrected chi connectivity index (χ4v) is 2.00. The van der Waals surface area contributed by atoms with Gasteiger partial charge in [0.15, 0.2) is 0 Å². The molecule has 19 heavy (non-hydrogen) atoms. The van der Waals surface area contributed by atoms with Crippen molar-refractivity contribution in [1.29, 1.82) is 0 Å². The monoisotopic (exact) mass is 255 g/mol. The minimum absolute atomic E-state index is 0.628. The van der Waals surface area contributed by atoms with Crippen molar-refractivity contribution in [3.8, 4) is 5.75 Å². The molecule has 2 aromatic carbocycles. The van der Waals surface area contributed by atoms with Gasteiger partial charge in [0.2, 0.25) is 0 Å². The van der Waals surface area contributed by atoms with Crippen molar-refractivity contribution in [2.24, 2.45) is 0 Å². The first kappa shape index (κ1) is 13.6. The SMILES string of the molecule is CNCCc1ccccc1COc1ccc(C)cc1. The number of likely N-dealkylation sites (N-methyl/N-ethyl adjacent to an activating group) is 1. The molecule has 0 aliphatic rings. The van der Waals surface area contributed by atoms with E-state index in [0.29, 0.717) is 6.61 Å². The predicted molar refractivity (Wildman–Crippen MR) is 79.6 cm³/mol. The molecule has 0 bridgehead atoms. The smallest absolute Gasteiger partial charge is 0.119 e. The molecule has 0 unspecified atom stereocenters. The molecule has 0 heterocycles. The standard InChI is InChI=1S/C17H21NO/c1-14-7-9-17(10-8-14)19-13-16-6-4-3-5-15(16)11-12-18-2/h3-10,18H,11-13H2,1-2H3. The number of hydrogen-bond acceptors (Lipinski definition) is 2. The second-order valence-corrected chi connectivity index (χ2v) is 4.72. The Labute approximate surface area is 115 Å². The van der Waals surface area contributed by atoms with Crippen molar-refractivity contribution >= 4 is 0 Å². The highest BCUT2D eigenvalue weighted by molar-refractivity contribution is 5.29. The molecule has 0 aromatic heterocycles. The van der Waals surface area contributed by atoms with Crippen molar-refractivity contribution in [2.45, 2.75) is 20.0 Å². The van der Waals surface area contributed by atoms with Crippen LogP contribution >= 0.6 is 0 Å². The van der Waals surface area contributed by atoms with Gasteiger partial charge in [0.1, 0.15) is 12.4 Å². The molecule has 0 atom stereocenters. The predicted octanol–water partition coefficient (Wildman–Crippen LogP) is 3.34. The molecule has 2 aromatic rings. The van der Waals surface area contributed by atoms with E-state index in [1.807, 2.05) is 19.2 Å². The van der Waals surface area contributed by atoms with Crippen molar-refractivity contribution in [1.82, 2.24) is 5.32 Å². The summed E-state index contributed by atoms with van der Waals surface area (Å²) in [7, 11) is 1.98. The second-order valence-electron chi connectivity index (χ2n) is 4.72. The number of ether oxygens (including phenoxy) is 1. The lowest BCUT2D eigenvalue weighted by Gasteiger charge is -2.11. The zero-order valence-corrected chi connectivity index (χ0v) is 11.6. The first-order valence-corrected chi connectivity index (χ1v) is 6.70. The van der Waals surface area contributed by atoms with E-state index in [4.69, 9.17) is 4.74 Å². The summed E-state index contributed by atoms with van der Waals surface area (Å²) in [5.74, 6) is 0.925. The molecule has 0 saturated carbocycles. The van der Waals surface area contributed by atoms with Crippen molar-refractivity contribution in [2.75, 3.05) is 13.6 Å². The van der Waals surface area contributed by atoms with Crippen LogP contribution in [0.2, 0.25) is 0 Å². The van der Waals surface area contributed by atoms with Crippen LogP contribution < -0.4 is 10.1 Å². The maximum Gasteiger partial charge on any atom is 0.119 e. The molecule has 2 nitrogen and oxygen atoms in total. The van der Waals surface area contributed by atoms with Crippen LogP contribution in [-0.4, -0.2) is 13.6 Å². The highest BCUT2D eigenvalue weighted by Gasteiger charge is 2.02. The Morgan fingerprint density at radius 3 is 2.32 bits per heavy atom. The molecule has 1 N–H and O–H groups in total. The molecule has 0 aliphatic heterocycles. The van der Waals surface area contributed by atoms with E-state index in [2.05, 4.69) is 48.6 Å². The fraction of sp³-hybridized carbons (Fsp3) is 0.294. The summed E-state index contributed by atoms with van der Waals surface area (Å²) in [4.78, 5) is 0. The van der Waals surface area contributed by atoms with Gasteiger partial charge >= 0.3 is 0 Å². The summed E-state index contributed by atoms with van der Waals surface area (Å²) in [5.41, 5.74) is 3.86. The van der Waals surface area contributed by atoms with Crippen LogP contribution in [0.5, 0.6) is 5.75 Å².